The molecule has 1 aromatic heterocycles. The summed E-state index contributed by atoms with van der Waals surface area (Å²) in [5.74, 6) is 0.212. The molecule has 0 aliphatic carbocycles. The molecule has 0 radical (unpaired) electrons. The fourth-order valence-electron chi connectivity index (χ4n) is 2.07. The van der Waals surface area contributed by atoms with Gasteiger partial charge in [0.25, 0.3) is 10.0 Å². The van der Waals surface area contributed by atoms with Gasteiger partial charge < -0.3 is 10.4 Å². The molecule has 6 nitrogen and oxygen atoms in total. The fourth-order valence-corrected chi connectivity index (χ4v) is 3.86. The summed E-state index contributed by atoms with van der Waals surface area (Å²) in [7, 11) is -3.64. The highest BCUT2D eigenvalue weighted by atomic mass is 32.2. The highest BCUT2D eigenvalue weighted by molar-refractivity contribution is 7.93. The first-order valence-electron chi connectivity index (χ1n) is 7.07. The molecular weight excluding hydrogens is 346 g/mol. The maximum absolute atomic E-state index is 12.2. The molecule has 0 saturated carbocycles. The molecular formula is C16H15N3O3S2. The molecule has 124 valence electrons. The second-order valence-corrected chi connectivity index (χ2v) is 7.57. The number of phenolic OH excluding ortho intramolecular Hbond substituents is 1. The van der Waals surface area contributed by atoms with Crippen molar-refractivity contribution in [3.63, 3.8) is 0 Å². The Morgan fingerprint density at radius 3 is 2.58 bits per heavy atom. The predicted molar refractivity (Wildman–Crippen MR) is 94.8 cm³/mol. The van der Waals surface area contributed by atoms with Crippen LogP contribution < -0.4 is 10.0 Å². The summed E-state index contributed by atoms with van der Waals surface area (Å²) in [5.41, 5.74) is 1.71. The molecule has 0 unspecified atom stereocenters. The maximum atomic E-state index is 12.2. The quantitative estimate of drug-likeness (QED) is 0.627. The van der Waals surface area contributed by atoms with Crippen molar-refractivity contribution >= 4 is 32.2 Å². The van der Waals surface area contributed by atoms with Crippen LogP contribution in [-0.2, 0) is 16.6 Å². The number of nitrogens with zero attached hydrogens (tertiary/aromatic N) is 1. The van der Waals surface area contributed by atoms with Gasteiger partial charge in [-0.25, -0.2) is 13.4 Å². The third-order valence-electron chi connectivity index (χ3n) is 3.23. The molecule has 3 rings (SSSR count). The van der Waals surface area contributed by atoms with Crippen LogP contribution in [0.2, 0.25) is 0 Å². The van der Waals surface area contributed by atoms with Crippen LogP contribution in [0.4, 0.5) is 10.8 Å². The van der Waals surface area contributed by atoms with Crippen LogP contribution in [0, 0.1) is 0 Å². The lowest BCUT2D eigenvalue weighted by Crippen LogP contribution is -2.12. The summed E-state index contributed by atoms with van der Waals surface area (Å²) in [5, 5.41) is 14.6. The van der Waals surface area contributed by atoms with E-state index in [4.69, 9.17) is 0 Å². The lowest BCUT2D eigenvalue weighted by atomic mass is 10.2. The van der Waals surface area contributed by atoms with Crippen molar-refractivity contribution in [2.24, 2.45) is 0 Å². The second-order valence-electron chi connectivity index (χ2n) is 4.99. The second kappa shape index (κ2) is 6.90. The van der Waals surface area contributed by atoms with Crippen LogP contribution in [-0.4, -0.2) is 18.5 Å². The van der Waals surface area contributed by atoms with Crippen LogP contribution >= 0.6 is 11.3 Å². The van der Waals surface area contributed by atoms with Crippen molar-refractivity contribution in [3.05, 3.63) is 65.7 Å². The van der Waals surface area contributed by atoms with E-state index < -0.39 is 10.0 Å². The van der Waals surface area contributed by atoms with Gasteiger partial charge in [-0.2, -0.15) is 0 Å². The normalized spacial score (nSPS) is 11.2. The fraction of sp³-hybridized carbons (Fsp3) is 0.0625. The van der Waals surface area contributed by atoms with Crippen molar-refractivity contribution in [2.45, 2.75) is 11.4 Å². The van der Waals surface area contributed by atoms with E-state index in [0.717, 1.165) is 11.3 Å². The molecule has 0 aliphatic rings. The summed E-state index contributed by atoms with van der Waals surface area (Å²) in [4.78, 5) is 4.08. The first-order valence-corrected chi connectivity index (χ1v) is 9.43. The summed E-state index contributed by atoms with van der Waals surface area (Å²) < 4.78 is 26.9. The first kappa shape index (κ1) is 16.3. The van der Waals surface area contributed by atoms with E-state index in [0.29, 0.717) is 11.7 Å². The molecule has 1 heterocycles. The van der Waals surface area contributed by atoms with Crippen molar-refractivity contribution < 1.29 is 13.5 Å². The summed E-state index contributed by atoms with van der Waals surface area (Å²) in [6.07, 6.45) is 1.54. The molecule has 0 saturated heterocycles. The van der Waals surface area contributed by atoms with E-state index in [2.05, 4.69) is 15.0 Å². The monoisotopic (exact) mass is 361 g/mol. The molecule has 0 aliphatic heterocycles. The molecule has 3 aromatic rings. The van der Waals surface area contributed by atoms with E-state index in [9.17, 15) is 13.5 Å². The van der Waals surface area contributed by atoms with Gasteiger partial charge in [0, 0.05) is 23.8 Å². The van der Waals surface area contributed by atoms with Gasteiger partial charge in [-0.05, 0) is 42.0 Å². The Balaban J connectivity index is 1.66. The SMILES string of the molecule is O=S(=O)(Nc1nccs1)c1ccc(NCc2cccc(O)c2)cc1. The largest absolute Gasteiger partial charge is 0.508 e. The van der Waals surface area contributed by atoms with Gasteiger partial charge in [0.2, 0.25) is 0 Å². The zero-order chi connectivity index (χ0) is 17.0. The molecule has 0 fully saturated rings. The van der Waals surface area contributed by atoms with E-state index in [1.807, 2.05) is 6.07 Å². The number of thiazole rings is 1. The summed E-state index contributed by atoms with van der Waals surface area (Å²) in [6, 6.07) is 13.4. The van der Waals surface area contributed by atoms with Crippen molar-refractivity contribution in [3.8, 4) is 5.75 Å². The minimum absolute atomic E-state index is 0.167. The number of phenols is 1. The van der Waals surface area contributed by atoms with E-state index in [1.54, 1.807) is 35.7 Å². The zero-order valence-electron chi connectivity index (χ0n) is 12.5. The van der Waals surface area contributed by atoms with E-state index in [1.165, 1.54) is 29.7 Å². The highest BCUT2D eigenvalue weighted by Crippen LogP contribution is 2.20. The van der Waals surface area contributed by atoms with Gasteiger partial charge in [0.1, 0.15) is 5.75 Å². The van der Waals surface area contributed by atoms with Gasteiger partial charge >= 0.3 is 0 Å². The Labute approximate surface area is 143 Å². The number of hydrogen-bond acceptors (Lipinski definition) is 6. The molecule has 0 atom stereocenters. The Bertz CT molecular complexity index is 908. The van der Waals surface area contributed by atoms with E-state index >= 15 is 0 Å². The third kappa shape index (κ3) is 4.03. The number of hydrogen-bond donors (Lipinski definition) is 3. The number of aromatic nitrogens is 1. The van der Waals surface area contributed by atoms with Crippen molar-refractivity contribution in [1.29, 1.82) is 0 Å². The average Bonchev–Trinajstić information content (AvgIpc) is 3.06. The van der Waals surface area contributed by atoms with Crippen LogP contribution in [0.1, 0.15) is 5.56 Å². The number of benzene rings is 2. The van der Waals surface area contributed by atoms with Crippen LogP contribution in [0.3, 0.4) is 0 Å². The zero-order valence-corrected chi connectivity index (χ0v) is 14.1. The standard InChI is InChI=1S/C16H15N3O3S2/c20-14-3-1-2-12(10-14)11-18-13-4-6-15(7-5-13)24(21,22)19-16-17-8-9-23-16/h1-10,18,20H,11H2,(H,17,19). The number of rotatable bonds is 6. The predicted octanol–water partition coefficient (Wildman–Crippen LogP) is 3.26. The topological polar surface area (TPSA) is 91.3 Å². The molecule has 0 amide bonds. The van der Waals surface area contributed by atoms with Gasteiger partial charge in [0.15, 0.2) is 5.13 Å². The molecule has 3 N–H and O–H groups in total. The maximum Gasteiger partial charge on any atom is 0.263 e. The van der Waals surface area contributed by atoms with Gasteiger partial charge in [-0.3, -0.25) is 4.72 Å². The Kier molecular flexibility index (Phi) is 4.68. The number of sulfonamides is 1. The smallest absolute Gasteiger partial charge is 0.263 e. The Morgan fingerprint density at radius 1 is 1.12 bits per heavy atom. The Hall–Kier alpha value is -2.58. The number of aromatic hydroxyl groups is 1. The lowest BCUT2D eigenvalue weighted by Gasteiger charge is -2.09. The van der Waals surface area contributed by atoms with E-state index in [-0.39, 0.29) is 10.6 Å². The van der Waals surface area contributed by atoms with Gasteiger partial charge in [-0.15, -0.1) is 11.3 Å². The van der Waals surface area contributed by atoms with Crippen molar-refractivity contribution in [1.82, 2.24) is 4.98 Å². The van der Waals surface area contributed by atoms with Gasteiger partial charge in [0.05, 0.1) is 4.90 Å². The summed E-state index contributed by atoms with van der Waals surface area (Å²) >= 11 is 1.22. The number of nitrogens with one attached hydrogen (secondary N) is 2. The average molecular weight is 361 g/mol. The summed E-state index contributed by atoms with van der Waals surface area (Å²) in [6.45, 7) is 0.526. The van der Waals surface area contributed by atoms with Crippen molar-refractivity contribution in [2.75, 3.05) is 10.0 Å². The number of anilines is 2. The lowest BCUT2D eigenvalue weighted by molar-refractivity contribution is 0.474. The van der Waals surface area contributed by atoms with Crippen LogP contribution in [0.25, 0.3) is 0 Å². The van der Waals surface area contributed by atoms with Crippen LogP contribution in [0.5, 0.6) is 5.75 Å². The minimum atomic E-state index is -3.64. The van der Waals surface area contributed by atoms with Crippen LogP contribution in [0.15, 0.2) is 65.0 Å². The highest BCUT2D eigenvalue weighted by Gasteiger charge is 2.15. The van der Waals surface area contributed by atoms with Gasteiger partial charge in [-0.1, -0.05) is 12.1 Å². The first-order chi connectivity index (χ1) is 11.5. The molecule has 0 spiro atoms. The third-order valence-corrected chi connectivity index (χ3v) is 5.40. The minimum Gasteiger partial charge on any atom is -0.508 e. The molecule has 2 aromatic carbocycles. The molecule has 8 heteroatoms. The molecule has 24 heavy (non-hydrogen) atoms. The molecule has 0 bridgehead atoms. The Morgan fingerprint density at radius 2 is 1.92 bits per heavy atom.